The van der Waals surface area contributed by atoms with Gasteiger partial charge in [-0.25, -0.2) is 13.8 Å². The summed E-state index contributed by atoms with van der Waals surface area (Å²) in [6.07, 6.45) is 2.56. The normalized spacial score (nSPS) is 14.8. The summed E-state index contributed by atoms with van der Waals surface area (Å²) >= 11 is 0. The van der Waals surface area contributed by atoms with Gasteiger partial charge in [0.15, 0.2) is 17.9 Å². The summed E-state index contributed by atoms with van der Waals surface area (Å²) in [6.45, 7) is 0. The van der Waals surface area contributed by atoms with Gasteiger partial charge in [0.05, 0.1) is 0 Å². The van der Waals surface area contributed by atoms with E-state index in [-0.39, 0.29) is 17.5 Å². The first kappa shape index (κ1) is 11.1. The number of benzene rings is 1. The first-order valence-corrected chi connectivity index (χ1v) is 5.60. The molecule has 0 spiro atoms. The summed E-state index contributed by atoms with van der Waals surface area (Å²) in [7, 11) is 0. The molecule has 2 aromatic rings. The third kappa shape index (κ3) is 1.81. The molecule has 1 aliphatic carbocycles. The molecule has 1 aromatic carbocycles. The zero-order chi connectivity index (χ0) is 12.7. The van der Waals surface area contributed by atoms with E-state index in [0.29, 0.717) is 17.6 Å². The zero-order valence-corrected chi connectivity index (χ0v) is 9.32. The Morgan fingerprint density at radius 1 is 1.28 bits per heavy atom. The molecule has 0 atom stereocenters. The van der Waals surface area contributed by atoms with Gasteiger partial charge in [-0.2, -0.15) is 0 Å². The third-order valence-electron chi connectivity index (χ3n) is 2.91. The molecule has 18 heavy (non-hydrogen) atoms. The van der Waals surface area contributed by atoms with Gasteiger partial charge in [-0.05, 0) is 31.0 Å². The lowest BCUT2D eigenvalue weighted by Gasteiger charge is -1.96. The van der Waals surface area contributed by atoms with Gasteiger partial charge in [0, 0.05) is 11.5 Å². The maximum absolute atomic E-state index is 13.1. The third-order valence-corrected chi connectivity index (χ3v) is 2.91. The van der Waals surface area contributed by atoms with Gasteiger partial charge >= 0.3 is 0 Å². The maximum atomic E-state index is 13.1. The van der Waals surface area contributed by atoms with E-state index in [4.69, 9.17) is 4.42 Å². The van der Waals surface area contributed by atoms with Crippen molar-refractivity contribution in [1.82, 2.24) is 4.98 Å². The minimum absolute atomic E-state index is 0.151. The molecule has 0 saturated heterocycles. The standard InChI is InChI=1S/C13H9F2NO2/c14-9-4-3-8(5-10(9)15)13-16-11(6-17)12(18-13)7-1-2-7/h3-7H,1-2H2. The smallest absolute Gasteiger partial charge is 0.227 e. The molecule has 0 aliphatic heterocycles. The van der Waals surface area contributed by atoms with Crippen molar-refractivity contribution < 1.29 is 18.0 Å². The average molecular weight is 249 g/mol. The Hall–Kier alpha value is -2.04. The van der Waals surface area contributed by atoms with Gasteiger partial charge in [0.25, 0.3) is 0 Å². The molecular formula is C13H9F2NO2. The molecule has 5 heteroatoms. The van der Waals surface area contributed by atoms with Crippen LogP contribution in [0.15, 0.2) is 22.6 Å². The maximum Gasteiger partial charge on any atom is 0.227 e. The number of rotatable bonds is 3. The van der Waals surface area contributed by atoms with Crippen LogP contribution in [-0.2, 0) is 0 Å². The van der Waals surface area contributed by atoms with Gasteiger partial charge < -0.3 is 4.42 Å². The summed E-state index contributed by atoms with van der Waals surface area (Å²) < 4.78 is 31.4. The van der Waals surface area contributed by atoms with E-state index in [0.717, 1.165) is 25.0 Å². The highest BCUT2D eigenvalue weighted by Gasteiger charge is 2.31. The number of aromatic nitrogens is 1. The Bertz CT molecular complexity index is 617. The molecule has 0 unspecified atom stereocenters. The Labute approximate surface area is 101 Å². The lowest BCUT2D eigenvalue weighted by Crippen LogP contribution is -1.87. The molecule has 0 amide bonds. The monoisotopic (exact) mass is 249 g/mol. The largest absolute Gasteiger partial charge is 0.440 e. The van der Waals surface area contributed by atoms with E-state index < -0.39 is 11.6 Å². The molecular weight excluding hydrogens is 240 g/mol. The Balaban J connectivity index is 2.05. The predicted octanol–water partition coefficient (Wildman–Crippen LogP) is 3.31. The van der Waals surface area contributed by atoms with Crippen LogP contribution in [0.5, 0.6) is 0 Å². The van der Waals surface area contributed by atoms with Crippen molar-refractivity contribution in [2.24, 2.45) is 0 Å². The number of oxazole rings is 1. The van der Waals surface area contributed by atoms with Gasteiger partial charge in [0.1, 0.15) is 11.5 Å². The molecule has 1 aliphatic rings. The molecule has 3 nitrogen and oxygen atoms in total. The van der Waals surface area contributed by atoms with Crippen molar-refractivity contribution in [3.05, 3.63) is 41.3 Å². The lowest BCUT2D eigenvalue weighted by atomic mass is 10.2. The second kappa shape index (κ2) is 4.01. The first-order valence-electron chi connectivity index (χ1n) is 5.60. The summed E-state index contributed by atoms with van der Waals surface area (Å²) in [5.41, 5.74) is 0.570. The van der Waals surface area contributed by atoms with Crippen LogP contribution < -0.4 is 0 Å². The minimum Gasteiger partial charge on any atom is -0.440 e. The Morgan fingerprint density at radius 3 is 2.67 bits per heavy atom. The number of nitrogens with zero attached hydrogens (tertiary/aromatic N) is 1. The van der Waals surface area contributed by atoms with Gasteiger partial charge in [-0.1, -0.05) is 0 Å². The van der Waals surface area contributed by atoms with Crippen LogP contribution in [0.1, 0.15) is 35.0 Å². The molecule has 1 aromatic heterocycles. The van der Waals surface area contributed by atoms with Crippen LogP contribution in [0, 0.1) is 11.6 Å². The molecule has 1 saturated carbocycles. The second-order valence-corrected chi connectivity index (χ2v) is 4.29. The van der Waals surface area contributed by atoms with Crippen LogP contribution in [0.4, 0.5) is 8.78 Å². The number of halogens is 2. The number of hydrogen-bond donors (Lipinski definition) is 0. The summed E-state index contributed by atoms with van der Waals surface area (Å²) in [4.78, 5) is 14.9. The molecule has 0 radical (unpaired) electrons. The van der Waals surface area contributed by atoms with Crippen molar-refractivity contribution in [3.63, 3.8) is 0 Å². The zero-order valence-electron chi connectivity index (χ0n) is 9.32. The fourth-order valence-corrected chi connectivity index (χ4v) is 1.82. The fraction of sp³-hybridized carbons (Fsp3) is 0.231. The molecule has 0 bridgehead atoms. The summed E-state index contributed by atoms with van der Waals surface area (Å²) in [5.74, 6) is -0.964. The predicted molar refractivity (Wildman–Crippen MR) is 59.2 cm³/mol. The number of carbonyl (C=O) groups is 1. The molecule has 3 rings (SSSR count). The highest BCUT2D eigenvalue weighted by atomic mass is 19.2. The van der Waals surface area contributed by atoms with E-state index in [1.165, 1.54) is 6.07 Å². The van der Waals surface area contributed by atoms with E-state index >= 15 is 0 Å². The lowest BCUT2D eigenvalue weighted by molar-refractivity contribution is 0.111. The second-order valence-electron chi connectivity index (χ2n) is 4.29. The molecule has 0 N–H and O–H groups in total. The van der Waals surface area contributed by atoms with E-state index in [1.807, 2.05) is 0 Å². The van der Waals surface area contributed by atoms with Gasteiger partial charge in [0.2, 0.25) is 5.89 Å². The SMILES string of the molecule is O=Cc1nc(-c2ccc(F)c(F)c2)oc1C1CC1. The van der Waals surface area contributed by atoms with Gasteiger partial charge in [-0.15, -0.1) is 0 Å². The number of carbonyl (C=O) groups excluding carboxylic acids is 1. The van der Waals surface area contributed by atoms with Crippen LogP contribution in [0.2, 0.25) is 0 Å². The Morgan fingerprint density at radius 2 is 2.06 bits per heavy atom. The number of aldehydes is 1. The first-order chi connectivity index (χ1) is 8.69. The van der Waals surface area contributed by atoms with Crippen LogP contribution in [-0.4, -0.2) is 11.3 Å². The summed E-state index contributed by atoms with van der Waals surface area (Å²) in [5, 5.41) is 0. The quantitative estimate of drug-likeness (QED) is 0.784. The van der Waals surface area contributed by atoms with Crippen LogP contribution in [0.25, 0.3) is 11.5 Å². The van der Waals surface area contributed by atoms with E-state index in [9.17, 15) is 13.6 Å². The van der Waals surface area contributed by atoms with Crippen molar-refractivity contribution in [2.75, 3.05) is 0 Å². The van der Waals surface area contributed by atoms with E-state index in [1.54, 1.807) is 0 Å². The highest BCUT2D eigenvalue weighted by Crippen LogP contribution is 2.42. The van der Waals surface area contributed by atoms with Crippen molar-refractivity contribution in [2.45, 2.75) is 18.8 Å². The summed E-state index contributed by atoms with van der Waals surface area (Å²) in [6, 6.07) is 3.38. The Kier molecular flexibility index (Phi) is 2.47. The van der Waals surface area contributed by atoms with Crippen LogP contribution >= 0.6 is 0 Å². The number of hydrogen-bond acceptors (Lipinski definition) is 3. The van der Waals surface area contributed by atoms with Crippen molar-refractivity contribution in [1.29, 1.82) is 0 Å². The molecule has 1 heterocycles. The van der Waals surface area contributed by atoms with Crippen molar-refractivity contribution >= 4 is 6.29 Å². The molecule has 1 fully saturated rings. The molecule has 92 valence electrons. The van der Waals surface area contributed by atoms with Crippen molar-refractivity contribution in [3.8, 4) is 11.5 Å². The van der Waals surface area contributed by atoms with Crippen LogP contribution in [0.3, 0.4) is 0 Å². The fourth-order valence-electron chi connectivity index (χ4n) is 1.82. The van der Waals surface area contributed by atoms with Gasteiger partial charge in [-0.3, -0.25) is 4.79 Å². The highest BCUT2D eigenvalue weighted by molar-refractivity contribution is 5.75. The van der Waals surface area contributed by atoms with E-state index in [2.05, 4.69) is 4.98 Å². The average Bonchev–Trinajstić information content (AvgIpc) is 3.12. The minimum atomic E-state index is -0.966. The topological polar surface area (TPSA) is 43.1 Å².